The summed E-state index contributed by atoms with van der Waals surface area (Å²) in [5.41, 5.74) is 1.81. The van der Waals surface area contributed by atoms with Gasteiger partial charge in [-0.3, -0.25) is 19.3 Å². The minimum absolute atomic E-state index is 0.0772. The molecule has 0 unspecified atom stereocenters. The Labute approximate surface area is 264 Å². The fourth-order valence-corrected chi connectivity index (χ4v) is 5.53. The molecule has 13 heteroatoms. The van der Waals surface area contributed by atoms with Crippen molar-refractivity contribution in [3.63, 3.8) is 0 Å². The molecular weight excluding hydrogens is 671 g/mol. The van der Waals surface area contributed by atoms with Crippen LogP contribution in [0.25, 0.3) is 6.08 Å². The first-order valence-corrected chi connectivity index (χ1v) is 14.7. The summed E-state index contributed by atoms with van der Waals surface area (Å²) in [7, 11) is 1.49. The van der Waals surface area contributed by atoms with E-state index in [1.54, 1.807) is 31.2 Å². The van der Waals surface area contributed by atoms with Crippen molar-refractivity contribution >= 4 is 85.7 Å². The molecule has 0 saturated carbocycles. The number of nitrogens with zero attached hydrogens (tertiary/aromatic N) is 1. The molecule has 4 rings (SSSR count). The summed E-state index contributed by atoms with van der Waals surface area (Å²) in [5.74, 6) is -1.03. The molecule has 218 valence electrons. The van der Waals surface area contributed by atoms with Gasteiger partial charge in [0, 0.05) is 10.7 Å². The fourth-order valence-electron chi connectivity index (χ4n) is 3.80. The number of carbonyl (C=O) groups excluding carboxylic acids is 4. The summed E-state index contributed by atoms with van der Waals surface area (Å²) in [6.07, 6.45) is 1.53. The van der Waals surface area contributed by atoms with Crippen molar-refractivity contribution in [1.82, 2.24) is 4.90 Å². The molecule has 1 N–H and O–H groups in total. The summed E-state index contributed by atoms with van der Waals surface area (Å²) in [4.78, 5) is 51.4. The van der Waals surface area contributed by atoms with Crippen LogP contribution in [-0.4, -0.2) is 48.2 Å². The van der Waals surface area contributed by atoms with Gasteiger partial charge in [0.05, 0.1) is 33.7 Å². The first-order chi connectivity index (χ1) is 20.1. The van der Waals surface area contributed by atoms with Crippen molar-refractivity contribution in [2.75, 3.05) is 25.6 Å². The zero-order chi connectivity index (χ0) is 30.4. The van der Waals surface area contributed by atoms with Crippen LogP contribution in [0.4, 0.5) is 10.5 Å². The van der Waals surface area contributed by atoms with Crippen LogP contribution in [0.5, 0.6) is 11.5 Å². The standard InChI is InChI=1S/C29H23BrCl2N2O7S/c1-3-40-28(37)20-13-19(8-9-22(20)32)33-25(35)14-34-27(36)24(42-29(34)38)12-17-10-21(30)26(23(11-17)39-2)41-15-16-4-6-18(31)7-5-16/h4-13H,3,14-15H2,1-2H3,(H,33,35)/b24-12+. The minimum atomic E-state index is -0.640. The van der Waals surface area contributed by atoms with Crippen molar-refractivity contribution in [2.24, 2.45) is 0 Å². The highest BCUT2D eigenvalue weighted by Gasteiger charge is 2.36. The third-order valence-electron chi connectivity index (χ3n) is 5.77. The minimum Gasteiger partial charge on any atom is -0.493 e. The number of esters is 1. The second-order valence-corrected chi connectivity index (χ2v) is 11.4. The van der Waals surface area contributed by atoms with Gasteiger partial charge >= 0.3 is 5.97 Å². The fraction of sp³-hybridized carbons (Fsp3) is 0.172. The summed E-state index contributed by atoms with van der Waals surface area (Å²) < 4.78 is 17.0. The molecule has 1 saturated heterocycles. The number of amides is 3. The Kier molecular flexibility index (Phi) is 10.6. The van der Waals surface area contributed by atoms with E-state index in [-0.39, 0.29) is 34.4 Å². The quantitative estimate of drug-likeness (QED) is 0.175. The highest BCUT2D eigenvalue weighted by atomic mass is 79.9. The van der Waals surface area contributed by atoms with Crippen LogP contribution in [-0.2, 0) is 20.9 Å². The summed E-state index contributed by atoms with van der Waals surface area (Å²) >= 11 is 16.2. The summed E-state index contributed by atoms with van der Waals surface area (Å²) in [6, 6.07) is 14.9. The molecule has 42 heavy (non-hydrogen) atoms. The normalized spacial score (nSPS) is 13.8. The third-order valence-corrected chi connectivity index (χ3v) is 7.84. The van der Waals surface area contributed by atoms with Crippen molar-refractivity contribution in [2.45, 2.75) is 13.5 Å². The van der Waals surface area contributed by atoms with Crippen LogP contribution in [0, 0.1) is 0 Å². The molecule has 1 fully saturated rings. The maximum absolute atomic E-state index is 13.0. The number of hydrogen-bond acceptors (Lipinski definition) is 8. The lowest BCUT2D eigenvalue weighted by Gasteiger charge is -2.14. The molecule has 0 aromatic heterocycles. The monoisotopic (exact) mass is 692 g/mol. The number of hydrogen-bond donors (Lipinski definition) is 1. The number of nitrogens with one attached hydrogen (secondary N) is 1. The number of benzene rings is 3. The van der Waals surface area contributed by atoms with Gasteiger partial charge in [-0.05, 0) is 94.3 Å². The highest BCUT2D eigenvalue weighted by molar-refractivity contribution is 9.10. The predicted octanol–water partition coefficient (Wildman–Crippen LogP) is 7.20. The first-order valence-electron chi connectivity index (χ1n) is 12.4. The van der Waals surface area contributed by atoms with Crippen molar-refractivity contribution < 1.29 is 33.4 Å². The number of carbonyl (C=O) groups is 4. The predicted molar refractivity (Wildman–Crippen MR) is 165 cm³/mol. The zero-order valence-electron chi connectivity index (χ0n) is 22.2. The van der Waals surface area contributed by atoms with Crippen molar-refractivity contribution in [3.8, 4) is 11.5 Å². The second-order valence-electron chi connectivity index (χ2n) is 8.68. The van der Waals surface area contributed by atoms with Crippen LogP contribution in [0.1, 0.15) is 28.4 Å². The van der Waals surface area contributed by atoms with Gasteiger partial charge in [0.15, 0.2) is 11.5 Å². The van der Waals surface area contributed by atoms with Gasteiger partial charge in [0.25, 0.3) is 11.1 Å². The maximum Gasteiger partial charge on any atom is 0.339 e. The molecular formula is C29H23BrCl2N2O7S. The van der Waals surface area contributed by atoms with Gasteiger partial charge in [-0.2, -0.15) is 0 Å². The van der Waals surface area contributed by atoms with Gasteiger partial charge < -0.3 is 19.5 Å². The third kappa shape index (κ3) is 7.65. The Bertz CT molecular complexity index is 1580. The number of thioether (sulfide) groups is 1. The Morgan fingerprint density at radius 1 is 1.07 bits per heavy atom. The number of anilines is 1. The maximum atomic E-state index is 13.0. The number of halogens is 3. The van der Waals surface area contributed by atoms with E-state index in [2.05, 4.69) is 21.2 Å². The van der Waals surface area contributed by atoms with E-state index in [1.807, 2.05) is 12.1 Å². The summed E-state index contributed by atoms with van der Waals surface area (Å²) in [6.45, 7) is 1.56. The lowest BCUT2D eigenvalue weighted by Crippen LogP contribution is -2.36. The van der Waals surface area contributed by atoms with E-state index in [9.17, 15) is 19.2 Å². The van der Waals surface area contributed by atoms with Gasteiger partial charge in [-0.15, -0.1) is 0 Å². The molecule has 0 bridgehead atoms. The Morgan fingerprint density at radius 2 is 1.81 bits per heavy atom. The van der Waals surface area contributed by atoms with Crippen molar-refractivity contribution in [3.05, 3.63) is 90.7 Å². The first kappa shape index (κ1) is 31.4. The SMILES string of the molecule is CCOC(=O)c1cc(NC(=O)CN2C(=O)S/C(=C/c3cc(Br)c(OCc4ccc(Cl)cc4)c(OC)c3)C2=O)ccc1Cl. The van der Waals surface area contributed by atoms with Crippen LogP contribution in [0.2, 0.25) is 10.0 Å². The van der Waals surface area contributed by atoms with Crippen molar-refractivity contribution in [1.29, 1.82) is 0 Å². The molecule has 3 amide bonds. The molecule has 0 spiro atoms. The van der Waals surface area contributed by atoms with E-state index in [1.165, 1.54) is 31.4 Å². The largest absolute Gasteiger partial charge is 0.493 e. The molecule has 0 aliphatic carbocycles. The van der Waals surface area contributed by atoms with E-state index >= 15 is 0 Å². The molecule has 1 heterocycles. The molecule has 3 aromatic rings. The average molecular weight is 694 g/mol. The van der Waals surface area contributed by atoms with Crippen LogP contribution in [0.3, 0.4) is 0 Å². The second kappa shape index (κ2) is 14.1. The molecule has 0 radical (unpaired) electrons. The molecule has 3 aromatic carbocycles. The zero-order valence-corrected chi connectivity index (χ0v) is 26.2. The lowest BCUT2D eigenvalue weighted by atomic mass is 10.1. The Hall–Kier alpha value is -3.51. The highest BCUT2D eigenvalue weighted by Crippen LogP contribution is 2.39. The number of rotatable bonds is 10. The van der Waals surface area contributed by atoms with E-state index in [0.29, 0.717) is 38.3 Å². The molecule has 1 aliphatic rings. The average Bonchev–Trinajstić information content (AvgIpc) is 3.21. The Balaban J connectivity index is 1.45. The van der Waals surface area contributed by atoms with Gasteiger partial charge in [0.1, 0.15) is 13.2 Å². The van der Waals surface area contributed by atoms with Gasteiger partial charge in [-0.25, -0.2) is 4.79 Å². The topological polar surface area (TPSA) is 111 Å². The number of imide groups is 1. The van der Waals surface area contributed by atoms with E-state index < -0.39 is 29.6 Å². The van der Waals surface area contributed by atoms with Crippen LogP contribution < -0.4 is 14.8 Å². The van der Waals surface area contributed by atoms with E-state index in [4.69, 9.17) is 37.4 Å². The van der Waals surface area contributed by atoms with Crippen LogP contribution >= 0.6 is 50.9 Å². The van der Waals surface area contributed by atoms with Gasteiger partial charge in [-0.1, -0.05) is 35.3 Å². The molecule has 1 aliphatic heterocycles. The number of methoxy groups -OCH3 is 1. The summed E-state index contributed by atoms with van der Waals surface area (Å²) in [5, 5.41) is 2.75. The van der Waals surface area contributed by atoms with E-state index in [0.717, 1.165) is 10.5 Å². The smallest absolute Gasteiger partial charge is 0.339 e. The van der Waals surface area contributed by atoms with Gasteiger partial charge in [0.2, 0.25) is 5.91 Å². The number of ether oxygens (including phenoxy) is 3. The molecule has 0 atom stereocenters. The Morgan fingerprint density at radius 3 is 2.50 bits per heavy atom. The lowest BCUT2D eigenvalue weighted by molar-refractivity contribution is -0.127. The van der Waals surface area contributed by atoms with Crippen LogP contribution in [0.15, 0.2) is 64.0 Å². The molecule has 9 nitrogen and oxygen atoms in total.